The number of hydrogen-bond donors (Lipinski definition) is 4. The van der Waals surface area contributed by atoms with E-state index >= 15 is 0 Å². The minimum Gasteiger partial charge on any atom is -0.427 e. The standard InChI is InChI=1S/C12H24BN3O3/c1-9(14)11(17)16-7-10-12(8-16,4-6-15-10)3-2-5-13(18)19/h9-10,15,18-19H,2-8,14H2,1H3/t9-,10-,12+/m0/s1. The zero-order valence-corrected chi connectivity index (χ0v) is 11.5. The van der Waals surface area contributed by atoms with Crippen LogP contribution in [0.1, 0.15) is 26.2 Å². The zero-order chi connectivity index (χ0) is 14.0. The maximum Gasteiger partial charge on any atom is 0.451 e. The molecule has 2 fully saturated rings. The summed E-state index contributed by atoms with van der Waals surface area (Å²) < 4.78 is 0. The van der Waals surface area contributed by atoms with Gasteiger partial charge in [0, 0.05) is 24.5 Å². The fourth-order valence-electron chi connectivity index (χ4n) is 3.47. The van der Waals surface area contributed by atoms with Crippen LogP contribution in [0.5, 0.6) is 0 Å². The van der Waals surface area contributed by atoms with Gasteiger partial charge in [-0.2, -0.15) is 0 Å². The molecule has 0 unspecified atom stereocenters. The Morgan fingerprint density at radius 3 is 3.00 bits per heavy atom. The highest BCUT2D eigenvalue weighted by atomic mass is 16.4. The number of rotatable bonds is 5. The van der Waals surface area contributed by atoms with Crippen LogP contribution in [-0.4, -0.2) is 59.7 Å². The second-order valence-corrected chi connectivity index (χ2v) is 6.00. The van der Waals surface area contributed by atoms with Crippen molar-refractivity contribution in [3.63, 3.8) is 0 Å². The highest BCUT2D eigenvalue weighted by molar-refractivity contribution is 6.40. The average molecular weight is 269 g/mol. The van der Waals surface area contributed by atoms with E-state index in [2.05, 4.69) is 5.32 Å². The summed E-state index contributed by atoms with van der Waals surface area (Å²) in [5, 5.41) is 21.3. The van der Waals surface area contributed by atoms with Crippen molar-refractivity contribution in [2.75, 3.05) is 19.6 Å². The second-order valence-electron chi connectivity index (χ2n) is 6.00. The molecule has 19 heavy (non-hydrogen) atoms. The molecule has 2 aliphatic rings. The Kier molecular flexibility index (Phi) is 4.50. The summed E-state index contributed by atoms with van der Waals surface area (Å²) in [5.41, 5.74) is 5.77. The van der Waals surface area contributed by atoms with Crippen LogP contribution in [0.2, 0.25) is 6.32 Å². The van der Waals surface area contributed by atoms with E-state index in [9.17, 15) is 4.79 Å². The van der Waals surface area contributed by atoms with Crippen molar-refractivity contribution in [2.24, 2.45) is 11.1 Å². The third-order valence-corrected chi connectivity index (χ3v) is 4.50. The summed E-state index contributed by atoms with van der Waals surface area (Å²) in [7, 11) is -1.23. The smallest absolute Gasteiger partial charge is 0.427 e. The molecule has 0 radical (unpaired) electrons. The molecule has 6 nitrogen and oxygen atoms in total. The van der Waals surface area contributed by atoms with Crippen molar-refractivity contribution in [2.45, 2.75) is 44.6 Å². The SMILES string of the molecule is C[C@H](N)C(=O)N1C[C@@H]2NCC[C@]2(CCCB(O)O)C1. The number of nitrogens with two attached hydrogens (primary N) is 1. The van der Waals surface area contributed by atoms with Gasteiger partial charge in [-0.3, -0.25) is 4.79 Å². The maximum absolute atomic E-state index is 12.0. The minimum absolute atomic E-state index is 0.0118. The Morgan fingerprint density at radius 1 is 1.63 bits per heavy atom. The first-order valence-corrected chi connectivity index (χ1v) is 7.08. The summed E-state index contributed by atoms with van der Waals surface area (Å²) in [4.78, 5) is 13.9. The zero-order valence-electron chi connectivity index (χ0n) is 11.5. The quantitative estimate of drug-likeness (QED) is 0.469. The fraction of sp³-hybridized carbons (Fsp3) is 0.917. The normalized spacial score (nSPS) is 31.4. The summed E-state index contributed by atoms with van der Waals surface area (Å²) in [6.07, 6.45) is 3.14. The molecule has 0 spiro atoms. The summed E-state index contributed by atoms with van der Waals surface area (Å²) in [6.45, 7) is 4.17. The molecule has 0 aliphatic carbocycles. The van der Waals surface area contributed by atoms with Crippen LogP contribution in [0.15, 0.2) is 0 Å². The topological polar surface area (TPSA) is 98.8 Å². The number of carbonyl (C=O) groups is 1. The Morgan fingerprint density at radius 2 is 2.37 bits per heavy atom. The molecule has 3 atom stereocenters. The van der Waals surface area contributed by atoms with Gasteiger partial charge in [-0.1, -0.05) is 6.42 Å². The van der Waals surface area contributed by atoms with Gasteiger partial charge >= 0.3 is 7.12 Å². The van der Waals surface area contributed by atoms with E-state index in [4.69, 9.17) is 15.8 Å². The molecule has 0 saturated carbocycles. The van der Waals surface area contributed by atoms with E-state index in [0.29, 0.717) is 12.4 Å². The number of fused-ring (bicyclic) bond motifs is 1. The molecule has 0 bridgehead atoms. The molecule has 5 N–H and O–H groups in total. The second kappa shape index (κ2) is 5.79. The van der Waals surface area contributed by atoms with Crippen LogP contribution >= 0.6 is 0 Å². The lowest BCUT2D eigenvalue weighted by Gasteiger charge is -2.28. The Hall–Kier alpha value is -0.625. The van der Waals surface area contributed by atoms with E-state index in [-0.39, 0.29) is 11.3 Å². The number of nitrogens with one attached hydrogen (secondary N) is 1. The van der Waals surface area contributed by atoms with Gasteiger partial charge in [-0.25, -0.2) is 0 Å². The summed E-state index contributed by atoms with van der Waals surface area (Å²) >= 11 is 0. The lowest BCUT2D eigenvalue weighted by molar-refractivity contribution is -0.131. The first kappa shape index (κ1) is 14.8. The van der Waals surface area contributed by atoms with Crippen molar-refractivity contribution in [3.8, 4) is 0 Å². The predicted octanol–water partition coefficient (Wildman–Crippen LogP) is -1.22. The number of amides is 1. The number of carbonyl (C=O) groups excluding carboxylic acids is 1. The van der Waals surface area contributed by atoms with E-state index in [1.807, 2.05) is 4.90 Å². The highest BCUT2D eigenvalue weighted by Crippen LogP contribution is 2.42. The molecule has 2 rings (SSSR count). The van der Waals surface area contributed by atoms with Gasteiger partial charge in [0.25, 0.3) is 0 Å². The Bertz CT molecular complexity index is 340. The van der Waals surface area contributed by atoms with E-state index in [1.54, 1.807) is 6.92 Å². The molecule has 1 amide bonds. The molecule has 0 aromatic carbocycles. The molecule has 0 aromatic heterocycles. The van der Waals surface area contributed by atoms with Gasteiger partial charge in [0.2, 0.25) is 5.91 Å². The Labute approximate surface area is 114 Å². The van der Waals surface area contributed by atoms with Crippen LogP contribution in [-0.2, 0) is 4.79 Å². The molecule has 2 saturated heterocycles. The first-order valence-electron chi connectivity index (χ1n) is 7.08. The van der Waals surface area contributed by atoms with Crippen LogP contribution in [0.25, 0.3) is 0 Å². The third kappa shape index (κ3) is 3.10. The maximum atomic E-state index is 12.0. The van der Waals surface area contributed by atoms with Gasteiger partial charge in [0.15, 0.2) is 0 Å². The first-order chi connectivity index (χ1) is 8.94. The van der Waals surface area contributed by atoms with Gasteiger partial charge < -0.3 is 26.0 Å². The molecular formula is C12H24BN3O3. The monoisotopic (exact) mass is 269 g/mol. The number of hydrogen-bond acceptors (Lipinski definition) is 5. The minimum atomic E-state index is -1.23. The van der Waals surface area contributed by atoms with Crippen molar-refractivity contribution in [1.82, 2.24) is 10.2 Å². The molecular weight excluding hydrogens is 245 g/mol. The number of nitrogens with zero attached hydrogens (tertiary/aromatic N) is 1. The van der Waals surface area contributed by atoms with Crippen molar-refractivity contribution in [1.29, 1.82) is 0 Å². The van der Waals surface area contributed by atoms with Crippen LogP contribution in [0.4, 0.5) is 0 Å². The molecule has 7 heteroatoms. The van der Waals surface area contributed by atoms with E-state index in [1.165, 1.54) is 0 Å². The Balaban J connectivity index is 1.96. The third-order valence-electron chi connectivity index (χ3n) is 4.50. The average Bonchev–Trinajstić information content (AvgIpc) is 2.83. The van der Waals surface area contributed by atoms with E-state index < -0.39 is 13.2 Å². The van der Waals surface area contributed by atoms with Gasteiger partial charge in [0.1, 0.15) is 0 Å². The van der Waals surface area contributed by atoms with Crippen molar-refractivity contribution >= 4 is 13.0 Å². The molecule has 108 valence electrons. The van der Waals surface area contributed by atoms with Crippen molar-refractivity contribution in [3.05, 3.63) is 0 Å². The lowest BCUT2D eigenvalue weighted by Crippen LogP contribution is -2.42. The molecule has 2 heterocycles. The largest absolute Gasteiger partial charge is 0.451 e. The van der Waals surface area contributed by atoms with Crippen LogP contribution < -0.4 is 11.1 Å². The molecule has 2 aliphatic heterocycles. The fourth-order valence-corrected chi connectivity index (χ4v) is 3.47. The van der Waals surface area contributed by atoms with Gasteiger partial charge in [-0.15, -0.1) is 0 Å². The lowest BCUT2D eigenvalue weighted by atomic mass is 9.74. The van der Waals surface area contributed by atoms with Gasteiger partial charge in [-0.05, 0) is 32.6 Å². The van der Waals surface area contributed by atoms with Crippen LogP contribution in [0, 0.1) is 5.41 Å². The molecule has 0 aromatic rings. The van der Waals surface area contributed by atoms with Gasteiger partial charge in [0.05, 0.1) is 6.04 Å². The van der Waals surface area contributed by atoms with Crippen LogP contribution in [0.3, 0.4) is 0 Å². The summed E-state index contributed by atoms with van der Waals surface area (Å²) in [6, 6.07) is -0.124. The van der Waals surface area contributed by atoms with Crippen molar-refractivity contribution < 1.29 is 14.8 Å². The summed E-state index contributed by atoms with van der Waals surface area (Å²) in [5.74, 6) is 0.0118. The van der Waals surface area contributed by atoms with E-state index in [0.717, 1.165) is 38.9 Å². The highest BCUT2D eigenvalue weighted by Gasteiger charge is 2.50. The predicted molar refractivity (Wildman–Crippen MR) is 73.3 cm³/mol. The number of likely N-dealkylation sites (tertiary alicyclic amines) is 1.